The number of anilines is 2. The van der Waals surface area contributed by atoms with Gasteiger partial charge < -0.3 is 19.6 Å². The topological polar surface area (TPSA) is 13.0 Å². The van der Waals surface area contributed by atoms with E-state index in [0.29, 0.717) is 0 Å². The summed E-state index contributed by atoms with van der Waals surface area (Å²) in [6.07, 6.45) is 10.2. The first-order valence-corrected chi connectivity index (χ1v) is 11.0. The Balaban J connectivity index is 0.00000228. The van der Waals surface area contributed by atoms with Crippen LogP contribution in [0.25, 0.3) is 0 Å². The Hall–Kier alpha value is -2.97. The van der Waals surface area contributed by atoms with Gasteiger partial charge in [0.1, 0.15) is 0 Å². The van der Waals surface area contributed by atoms with Gasteiger partial charge in [-0.3, -0.25) is 0 Å². The summed E-state index contributed by atoms with van der Waals surface area (Å²) in [5.74, 6) is 0. The number of rotatable bonds is 0. The summed E-state index contributed by atoms with van der Waals surface area (Å²) in [6.45, 7) is 6.05. The molecule has 3 aromatic rings. The fourth-order valence-electron chi connectivity index (χ4n) is 4.33. The third-order valence-electron chi connectivity index (χ3n) is 6.09. The van der Waals surface area contributed by atoms with Gasteiger partial charge in [0, 0.05) is 13.1 Å². The van der Waals surface area contributed by atoms with Crippen LogP contribution < -0.4 is 9.80 Å². The number of hydrogen-bond acceptors (Lipinski definition) is 4. The summed E-state index contributed by atoms with van der Waals surface area (Å²) in [5.41, 5.74) is 7.31. The van der Waals surface area contributed by atoms with Crippen molar-refractivity contribution >= 4 is 11.4 Å². The van der Waals surface area contributed by atoms with Gasteiger partial charge in [-0.2, -0.15) is 60.9 Å². The molecule has 0 unspecified atom stereocenters. The fraction of sp³-hybridized carbons (Fsp3) is 0.143. The van der Waals surface area contributed by atoms with Gasteiger partial charge in [0.2, 0.25) is 0 Å². The molecular formula is C28H24N4Pt. The Morgan fingerprint density at radius 1 is 0.606 bits per heavy atom. The van der Waals surface area contributed by atoms with Crippen LogP contribution in [0.5, 0.6) is 0 Å². The second kappa shape index (κ2) is 9.49. The molecule has 0 aliphatic carbocycles. The van der Waals surface area contributed by atoms with Crippen molar-refractivity contribution in [1.82, 2.24) is 9.80 Å². The normalized spacial score (nSPS) is 16.8. The van der Waals surface area contributed by atoms with Crippen LogP contribution in [0.3, 0.4) is 0 Å². The molecule has 166 valence electrons. The molecule has 3 aromatic carbocycles. The molecule has 0 atom stereocenters. The van der Waals surface area contributed by atoms with E-state index in [1.165, 1.54) is 22.3 Å². The van der Waals surface area contributed by atoms with Crippen molar-refractivity contribution in [2.24, 2.45) is 0 Å². The van der Waals surface area contributed by atoms with Gasteiger partial charge in [-0.1, -0.05) is 35.4 Å². The zero-order valence-electron chi connectivity index (χ0n) is 18.2. The zero-order valence-corrected chi connectivity index (χ0v) is 20.4. The summed E-state index contributed by atoms with van der Waals surface area (Å²) in [4.78, 5) is 8.67. The van der Waals surface area contributed by atoms with Crippen molar-refractivity contribution in [2.75, 3.05) is 22.9 Å². The Morgan fingerprint density at radius 3 is 1.58 bits per heavy atom. The number of fused-ring (bicyclic) bond motifs is 2. The van der Waals surface area contributed by atoms with Crippen LogP contribution in [0.4, 0.5) is 11.4 Å². The van der Waals surface area contributed by atoms with E-state index in [2.05, 4.69) is 131 Å². The second-order valence-electron chi connectivity index (χ2n) is 8.46. The van der Waals surface area contributed by atoms with Gasteiger partial charge in [0.05, 0.1) is 0 Å². The maximum absolute atomic E-state index is 3.45. The standard InChI is InChI=1S/C28H24N4.Pt/c1-2-25-18-23-4-8-27(9-5-23)31-16-14-29(21-31)12-13-30-15-17-32(22-30)28-10-6-24(7-11-28)19-26(3-1)20-25;/h1-8,10,14-17,20-22H,12-13,18-19H2;/q-4;+4. The van der Waals surface area contributed by atoms with Crippen molar-refractivity contribution in [3.63, 3.8) is 0 Å². The van der Waals surface area contributed by atoms with Crippen LogP contribution in [-0.4, -0.2) is 22.9 Å². The predicted molar refractivity (Wildman–Crippen MR) is 128 cm³/mol. The molecule has 0 aromatic heterocycles. The molecule has 5 heterocycles. The minimum atomic E-state index is 0. The maximum atomic E-state index is 3.45. The zero-order chi connectivity index (χ0) is 21.3. The largest absolute Gasteiger partial charge is 4.00 e. The van der Waals surface area contributed by atoms with Crippen molar-refractivity contribution in [3.8, 4) is 0 Å². The van der Waals surface area contributed by atoms with Crippen molar-refractivity contribution < 1.29 is 21.1 Å². The van der Waals surface area contributed by atoms with Crippen molar-refractivity contribution in [2.45, 2.75) is 12.8 Å². The van der Waals surface area contributed by atoms with Gasteiger partial charge >= 0.3 is 21.1 Å². The number of hydrogen-bond donors (Lipinski definition) is 0. The van der Waals surface area contributed by atoms with Gasteiger partial charge in [-0.25, -0.2) is 0 Å². The van der Waals surface area contributed by atoms with Gasteiger partial charge in [0.25, 0.3) is 0 Å². The minimum absolute atomic E-state index is 0. The Labute approximate surface area is 210 Å². The number of benzene rings is 3. The van der Waals surface area contributed by atoms with E-state index < -0.39 is 0 Å². The van der Waals surface area contributed by atoms with Crippen molar-refractivity contribution in [1.29, 1.82) is 0 Å². The van der Waals surface area contributed by atoms with Crippen LogP contribution in [0.2, 0.25) is 0 Å². The third-order valence-corrected chi connectivity index (χ3v) is 6.09. The molecule has 0 amide bonds. The molecule has 0 saturated heterocycles. The van der Waals surface area contributed by atoms with Gasteiger partial charge in [-0.15, -0.1) is 23.5 Å². The quantitative estimate of drug-likeness (QED) is 0.336. The fourth-order valence-corrected chi connectivity index (χ4v) is 4.33. The van der Waals surface area contributed by atoms with Crippen LogP contribution in [0.15, 0.2) is 85.5 Å². The molecule has 0 N–H and O–H groups in total. The van der Waals surface area contributed by atoms with E-state index in [4.69, 9.17) is 0 Å². The van der Waals surface area contributed by atoms with E-state index in [-0.39, 0.29) is 21.1 Å². The van der Waals surface area contributed by atoms with Crippen LogP contribution in [-0.2, 0) is 33.9 Å². The van der Waals surface area contributed by atoms with Crippen LogP contribution >= 0.6 is 0 Å². The Kier molecular flexibility index (Phi) is 6.28. The molecule has 8 rings (SSSR count). The summed E-state index contributed by atoms with van der Waals surface area (Å²) in [6, 6.07) is 28.7. The molecule has 0 saturated carbocycles. The third kappa shape index (κ3) is 4.86. The first-order chi connectivity index (χ1) is 15.8. The molecule has 33 heavy (non-hydrogen) atoms. The van der Waals surface area contributed by atoms with Crippen LogP contribution in [0.1, 0.15) is 22.3 Å². The summed E-state index contributed by atoms with van der Waals surface area (Å²) < 4.78 is 0. The minimum Gasteiger partial charge on any atom is -0.507 e. The van der Waals surface area contributed by atoms with Gasteiger partial charge in [-0.05, 0) is 37.6 Å². The SMILES string of the molecule is [Pt+4].[c-]1cc2ccc1N1C=CN([CH-]1)CCN1C=CN([CH-]1)c1[c-]cc(cc1)Cc1cccc(c1)C2. The predicted octanol–water partition coefficient (Wildman–Crippen LogP) is 4.90. The summed E-state index contributed by atoms with van der Waals surface area (Å²) in [5, 5.41) is 0. The Morgan fingerprint density at radius 2 is 1.12 bits per heavy atom. The van der Waals surface area contributed by atoms with E-state index in [1.54, 1.807) is 0 Å². The molecule has 10 bridgehead atoms. The van der Waals surface area contributed by atoms with Crippen molar-refractivity contribution in [3.05, 3.63) is 133 Å². The first kappa shape index (κ1) is 21.9. The Bertz CT molecular complexity index is 1060. The molecule has 5 heteroatoms. The van der Waals surface area contributed by atoms with E-state index in [0.717, 1.165) is 37.3 Å². The first-order valence-electron chi connectivity index (χ1n) is 11.0. The smallest absolute Gasteiger partial charge is 0.507 e. The van der Waals surface area contributed by atoms with Crippen LogP contribution in [0, 0.1) is 25.5 Å². The maximum Gasteiger partial charge on any atom is 4.00 e. The monoisotopic (exact) mass is 611 g/mol. The van der Waals surface area contributed by atoms with Gasteiger partial charge in [0.15, 0.2) is 0 Å². The average molecular weight is 612 g/mol. The second-order valence-corrected chi connectivity index (χ2v) is 8.46. The average Bonchev–Trinajstić information content (AvgIpc) is 3.49. The van der Waals surface area contributed by atoms with E-state index in [1.807, 2.05) is 0 Å². The molecule has 0 radical (unpaired) electrons. The summed E-state index contributed by atoms with van der Waals surface area (Å²) in [7, 11) is 0. The molecule has 4 nitrogen and oxygen atoms in total. The molecule has 5 aliphatic heterocycles. The summed E-state index contributed by atoms with van der Waals surface area (Å²) >= 11 is 0. The molecule has 5 aliphatic rings. The molecular weight excluding hydrogens is 587 g/mol. The number of nitrogens with zero attached hydrogens (tertiary/aromatic N) is 4. The van der Waals surface area contributed by atoms with E-state index in [9.17, 15) is 0 Å². The van der Waals surface area contributed by atoms with E-state index >= 15 is 0 Å². The molecule has 0 spiro atoms. The molecule has 0 fully saturated rings.